The molecule has 7 heterocycles. The molecule has 0 saturated heterocycles. The maximum atomic E-state index is 6.77. The first-order valence-corrected chi connectivity index (χ1v) is 19.3. The van der Waals surface area contributed by atoms with Crippen LogP contribution in [0.5, 0.6) is 0 Å². The van der Waals surface area contributed by atoms with Crippen molar-refractivity contribution in [1.29, 1.82) is 0 Å². The molecule has 2 unspecified atom stereocenters. The number of furan rings is 1. The molecule has 0 amide bonds. The molecule has 10 aromatic rings. The molecule has 0 fully saturated rings. The van der Waals surface area contributed by atoms with E-state index in [0.717, 1.165) is 41.5 Å². The van der Waals surface area contributed by atoms with Gasteiger partial charge in [0.05, 0.1) is 28.5 Å². The van der Waals surface area contributed by atoms with Gasteiger partial charge in [-0.1, -0.05) is 42.5 Å². The molecule has 0 saturated carbocycles. The summed E-state index contributed by atoms with van der Waals surface area (Å²) in [6.45, 7) is 11.5. The van der Waals surface area contributed by atoms with Crippen molar-refractivity contribution in [2.75, 3.05) is 0 Å². The SMILES string of the molecule is C=C1CC2C(CCc3ccccc3-c3cccc[n+]31)c1cc3c(cc1-c1cc(C)c(C)c[n+]12)c1cc(C)cc2c4ccc5c6ccccc6oc5c4n3c12. The third-order valence-corrected chi connectivity index (χ3v) is 13.0. The van der Waals surface area contributed by atoms with Crippen molar-refractivity contribution in [2.24, 2.45) is 0 Å². The van der Waals surface area contributed by atoms with Crippen LogP contribution in [0.15, 0.2) is 133 Å². The summed E-state index contributed by atoms with van der Waals surface area (Å²) < 4.78 is 14.3. The van der Waals surface area contributed by atoms with Crippen molar-refractivity contribution in [2.45, 2.75) is 52.0 Å². The average Bonchev–Trinajstić information content (AvgIpc) is 3.83. The Kier molecular flexibility index (Phi) is 5.97. The third-order valence-electron chi connectivity index (χ3n) is 13.0. The van der Waals surface area contributed by atoms with Crippen LogP contribution in [0, 0.1) is 20.8 Å². The van der Waals surface area contributed by atoms with Gasteiger partial charge in [-0.25, -0.2) is 0 Å². The van der Waals surface area contributed by atoms with E-state index < -0.39 is 0 Å². The molecule has 12 rings (SSSR count). The van der Waals surface area contributed by atoms with Crippen LogP contribution in [0.4, 0.5) is 0 Å². The molecule has 4 heteroatoms. The molecule has 54 heavy (non-hydrogen) atoms. The zero-order valence-electron chi connectivity index (χ0n) is 30.8. The van der Waals surface area contributed by atoms with Gasteiger partial charge in [-0.2, -0.15) is 9.13 Å². The van der Waals surface area contributed by atoms with Gasteiger partial charge in [-0.3, -0.25) is 0 Å². The number of para-hydroxylation sites is 1. The van der Waals surface area contributed by atoms with E-state index >= 15 is 0 Å². The van der Waals surface area contributed by atoms with Gasteiger partial charge in [0, 0.05) is 67.6 Å². The number of hydrogen-bond acceptors (Lipinski definition) is 1. The molecule has 258 valence electrons. The van der Waals surface area contributed by atoms with Crippen LogP contribution in [-0.2, 0) is 6.42 Å². The fourth-order valence-electron chi connectivity index (χ4n) is 10.4. The third kappa shape index (κ3) is 3.92. The van der Waals surface area contributed by atoms with E-state index in [4.69, 9.17) is 11.0 Å². The fourth-order valence-corrected chi connectivity index (χ4v) is 10.4. The van der Waals surface area contributed by atoms with Crippen LogP contribution in [0.2, 0.25) is 0 Å². The Labute approximate surface area is 313 Å². The fraction of sp³-hybridized carbons (Fsp3) is 0.160. The standard InChI is InChI=1S/C50H39N3O/c1-28-21-41-36-18-19-37-35-13-7-8-15-47(35)54-50(37)49(36)53-46-26-38-34-17-16-32-11-5-6-12-33(32)43-14-9-10-20-51(43)31(4)24-45(34)52-27-30(3)29(2)23-44(52)39(38)25-40(46)42(22-28)48(41)53/h5-15,18-23,25-27,34,45H,4,16-17,24H2,1-3H3/q+2. The second kappa shape index (κ2) is 10.7. The maximum absolute atomic E-state index is 6.77. The molecule has 2 atom stereocenters. The summed E-state index contributed by atoms with van der Waals surface area (Å²) in [7, 11) is 0. The van der Waals surface area contributed by atoms with Gasteiger partial charge in [-0.15, -0.1) is 0 Å². The molecule has 2 aliphatic heterocycles. The van der Waals surface area contributed by atoms with E-state index in [-0.39, 0.29) is 12.0 Å². The Morgan fingerprint density at radius 1 is 0.685 bits per heavy atom. The molecule has 0 N–H and O–H groups in total. The Bertz CT molecular complexity index is 3270. The highest BCUT2D eigenvalue weighted by Gasteiger charge is 2.43. The first-order chi connectivity index (χ1) is 26.4. The zero-order chi connectivity index (χ0) is 36.0. The number of fused-ring (bicyclic) bond motifs is 19. The van der Waals surface area contributed by atoms with Crippen LogP contribution in [0.3, 0.4) is 0 Å². The van der Waals surface area contributed by atoms with Crippen LogP contribution in [-0.4, -0.2) is 4.40 Å². The lowest BCUT2D eigenvalue weighted by Gasteiger charge is -2.32. The van der Waals surface area contributed by atoms with Crippen LogP contribution in [0.25, 0.3) is 88.2 Å². The Hall–Kier alpha value is -6.26. The van der Waals surface area contributed by atoms with Gasteiger partial charge in [0.15, 0.2) is 29.7 Å². The van der Waals surface area contributed by atoms with Crippen LogP contribution in [0.1, 0.15) is 52.6 Å². The van der Waals surface area contributed by atoms with Crippen LogP contribution >= 0.6 is 0 Å². The second-order valence-electron chi connectivity index (χ2n) is 16.0. The molecule has 5 aromatic heterocycles. The number of aryl methyl sites for hydroxylation is 4. The molecule has 5 aromatic carbocycles. The highest BCUT2D eigenvalue weighted by molar-refractivity contribution is 6.28. The highest BCUT2D eigenvalue weighted by atomic mass is 16.3. The number of nitrogens with zero attached hydrogens (tertiary/aromatic N) is 3. The monoisotopic (exact) mass is 697 g/mol. The number of aromatic nitrogens is 3. The predicted octanol–water partition coefficient (Wildman–Crippen LogP) is 11.7. The van der Waals surface area contributed by atoms with Gasteiger partial charge in [-0.05, 0) is 111 Å². The van der Waals surface area contributed by atoms with Gasteiger partial charge >= 0.3 is 0 Å². The number of rotatable bonds is 0. The molecule has 0 radical (unpaired) electrons. The number of allylic oxidation sites excluding steroid dienone is 1. The lowest BCUT2D eigenvalue weighted by molar-refractivity contribution is -0.720. The summed E-state index contributed by atoms with van der Waals surface area (Å²) >= 11 is 0. The van der Waals surface area contributed by atoms with Gasteiger partial charge in [0.25, 0.3) is 0 Å². The molecular formula is C50H39N3O+2. The van der Waals surface area contributed by atoms with E-state index in [2.05, 4.69) is 156 Å². The first-order valence-electron chi connectivity index (χ1n) is 19.3. The van der Waals surface area contributed by atoms with Crippen molar-refractivity contribution < 1.29 is 13.6 Å². The lowest BCUT2D eigenvalue weighted by Crippen LogP contribution is -2.50. The van der Waals surface area contributed by atoms with Gasteiger partial charge in [0.1, 0.15) is 5.58 Å². The van der Waals surface area contributed by atoms with Crippen LogP contribution < -0.4 is 9.13 Å². The van der Waals surface area contributed by atoms with Gasteiger partial charge in [0.2, 0.25) is 11.4 Å². The molecule has 2 aliphatic rings. The average molecular weight is 698 g/mol. The lowest BCUT2D eigenvalue weighted by atomic mass is 9.76. The first kappa shape index (κ1) is 30.2. The maximum Gasteiger partial charge on any atom is 0.218 e. The minimum atomic E-state index is 0.206. The Morgan fingerprint density at radius 3 is 2.39 bits per heavy atom. The van der Waals surface area contributed by atoms with Crippen molar-refractivity contribution >= 4 is 65.7 Å². The topological polar surface area (TPSA) is 25.3 Å². The summed E-state index contributed by atoms with van der Waals surface area (Å²) in [5, 5.41) is 7.48. The summed E-state index contributed by atoms with van der Waals surface area (Å²) in [5.41, 5.74) is 18.6. The largest absolute Gasteiger partial charge is 0.454 e. The second-order valence-corrected chi connectivity index (χ2v) is 16.0. The molecule has 4 nitrogen and oxygen atoms in total. The molecular weight excluding hydrogens is 659 g/mol. The minimum Gasteiger partial charge on any atom is -0.454 e. The summed E-state index contributed by atoms with van der Waals surface area (Å²) in [6.07, 6.45) is 7.49. The zero-order valence-corrected chi connectivity index (χ0v) is 30.8. The smallest absolute Gasteiger partial charge is 0.218 e. The van der Waals surface area contributed by atoms with E-state index in [0.29, 0.717) is 0 Å². The Balaban J connectivity index is 1.19. The van der Waals surface area contributed by atoms with E-state index in [1.807, 2.05) is 0 Å². The van der Waals surface area contributed by atoms with Crippen molar-refractivity contribution in [3.63, 3.8) is 0 Å². The molecule has 0 spiro atoms. The number of pyridine rings is 2. The Morgan fingerprint density at radius 2 is 1.48 bits per heavy atom. The summed E-state index contributed by atoms with van der Waals surface area (Å²) in [6, 6.07) is 41.0. The summed E-state index contributed by atoms with van der Waals surface area (Å²) in [4.78, 5) is 0. The van der Waals surface area contributed by atoms with E-state index in [1.54, 1.807) is 0 Å². The number of benzene rings is 5. The van der Waals surface area contributed by atoms with E-state index in [1.165, 1.54) is 93.8 Å². The van der Waals surface area contributed by atoms with Crippen molar-refractivity contribution in [3.8, 4) is 22.5 Å². The quantitative estimate of drug-likeness (QED) is 0.145. The number of hydrogen-bond donors (Lipinski definition) is 0. The van der Waals surface area contributed by atoms with E-state index in [9.17, 15) is 0 Å². The normalized spacial score (nSPS) is 17.0. The molecule has 0 aliphatic carbocycles. The minimum absolute atomic E-state index is 0.206. The molecule has 0 bridgehead atoms. The van der Waals surface area contributed by atoms with Crippen molar-refractivity contribution in [3.05, 3.63) is 156 Å². The highest BCUT2D eigenvalue weighted by Crippen LogP contribution is 2.49. The van der Waals surface area contributed by atoms with Crippen molar-refractivity contribution in [1.82, 2.24) is 4.40 Å². The summed E-state index contributed by atoms with van der Waals surface area (Å²) in [5.74, 6) is 0.273. The predicted molar refractivity (Wildman–Crippen MR) is 220 cm³/mol. The van der Waals surface area contributed by atoms with Gasteiger partial charge < -0.3 is 8.82 Å².